The topological polar surface area (TPSA) is 42.0 Å². The largest absolute Gasteiger partial charge is 0.325 e. The molecular weight excluding hydrogens is 319 g/mol. The number of anilines is 1. The lowest BCUT2D eigenvalue weighted by Gasteiger charge is -2.10. The minimum absolute atomic E-state index is 0.171. The molecule has 0 spiro atoms. The van der Waals surface area contributed by atoms with Gasteiger partial charge in [-0.3, -0.25) is 4.79 Å². The smallest absolute Gasteiger partial charge is 0.237 e. The monoisotopic (exact) mass is 332 g/mol. The Morgan fingerprint density at radius 1 is 1.27 bits per heavy atom. The second kappa shape index (κ2) is 6.46. The highest BCUT2D eigenvalue weighted by Crippen LogP contribution is 2.32. The van der Waals surface area contributed by atoms with E-state index in [1.54, 1.807) is 23.5 Å². The number of thiazole rings is 1. The fourth-order valence-corrected chi connectivity index (χ4v) is 4.13. The number of benzene rings is 2. The zero-order valence-corrected chi connectivity index (χ0v) is 13.4. The number of rotatable bonds is 4. The molecule has 6 heteroatoms. The molecular formula is C16H13FN2OS2. The number of hydrogen-bond donors (Lipinski definition) is 1. The van der Waals surface area contributed by atoms with Gasteiger partial charge in [0.25, 0.3) is 0 Å². The summed E-state index contributed by atoms with van der Waals surface area (Å²) in [6.07, 6.45) is 0. The number of fused-ring (bicyclic) bond motifs is 1. The molecule has 22 heavy (non-hydrogen) atoms. The standard InChI is InChI=1S/C16H13FN2OS2/c1-10(15(20)18-12-6-4-5-11(17)9-12)21-16-19-13-7-2-3-8-14(13)22-16/h2-10H,1H3,(H,18,20). The Hall–Kier alpha value is -1.92. The van der Waals surface area contributed by atoms with Crippen LogP contribution in [-0.4, -0.2) is 16.1 Å². The molecule has 2 aromatic carbocycles. The maximum Gasteiger partial charge on any atom is 0.237 e. The Morgan fingerprint density at radius 2 is 2.09 bits per heavy atom. The lowest BCUT2D eigenvalue weighted by atomic mass is 10.3. The zero-order valence-electron chi connectivity index (χ0n) is 11.7. The number of para-hydroxylation sites is 1. The molecule has 0 saturated carbocycles. The summed E-state index contributed by atoms with van der Waals surface area (Å²) in [5.41, 5.74) is 1.40. The summed E-state index contributed by atoms with van der Waals surface area (Å²) in [6, 6.07) is 13.7. The molecule has 0 aliphatic carbocycles. The Labute approximate surface area is 135 Å². The molecule has 3 aromatic rings. The van der Waals surface area contributed by atoms with E-state index >= 15 is 0 Å². The number of carbonyl (C=O) groups is 1. The van der Waals surface area contributed by atoms with Crippen molar-refractivity contribution in [3.8, 4) is 0 Å². The molecule has 3 nitrogen and oxygen atoms in total. The normalized spacial score (nSPS) is 12.3. The molecule has 1 amide bonds. The summed E-state index contributed by atoms with van der Waals surface area (Å²) in [5.74, 6) is -0.542. The summed E-state index contributed by atoms with van der Waals surface area (Å²) in [4.78, 5) is 16.7. The van der Waals surface area contributed by atoms with Crippen molar-refractivity contribution < 1.29 is 9.18 Å². The van der Waals surface area contributed by atoms with Gasteiger partial charge in [0.2, 0.25) is 5.91 Å². The summed E-state index contributed by atoms with van der Waals surface area (Å²) in [6.45, 7) is 1.81. The highest BCUT2D eigenvalue weighted by molar-refractivity contribution is 8.02. The molecule has 0 fully saturated rings. The molecule has 1 N–H and O–H groups in total. The molecule has 0 aliphatic rings. The number of thioether (sulfide) groups is 1. The van der Waals surface area contributed by atoms with E-state index in [4.69, 9.17) is 0 Å². The Kier molecular flexibility index (Phi) is 4.40. The van der Waals surface area contributed by atoms with Crippen LogP contribution in [0.5, 0.6) is 0 Å². The van der Waals surface area contributed by atoms with E-state index in [-0.39, 0.29) is 17.0 Å². The van der Waals surface area contributed by atoms with E-state index in [0.717, 1.165) is 14.6 Å². The first-order valence-corrected chi connectivity index (χ1v) is 8.40. The second-order valence-electron chi connectivity index (χ2n) is 4.71. The first-order valence-electron chi connectivity index (χ1n) is 6.70. The Balaban J connectivity index is 1.68. The Morgan fingerprint density at radius 3 is 2.86 bits per heavy atom. The van der Waals surface area contributed by atoms with Crippen molar-refractivity contribution in [2.45, 2.75) is 16.5 Å². The molecule has 1 heterocycles. The maximum atomic E-state index is 13.1. The van der Waals surface area contributed by atoms with Crippen LogP contribution in [0.1, 0.15) is 6.92 Å². The molecule has 0 bridgehead atoms. The van der Waals surface area contributed by atoms with Gasteiger partial charge in [0.05, 0.1) is 15.5 Å². The van der Waals surface area contributed by atoms with Gasteiger partial charge in [-0.1, -0.05) is 30.0 Å². The maximum absolute atomic E-state index is 13.1. The summed E-state index contributed by atoms with van der Waals surface area (Å²) < 4.78 is 15.1. The van der Waals surface area contributed by atoms with E-state index in [2.05, 4.69) is 10.3 Å². The van der Waals surface area contributed by atoms with E-state index in [0.29, 0.717) is 5.69 Å². The lowest BCUT2D eigenvalue weighted by Crippen LogP contribution is -2.22. The number of nitrogens with zero attached hydrogens (tertiary/aromatic N) is 1. The number of nitrogens with one attached hydrogen (secondary N) is 1. The van der Waals surface area contributed by atoms with Crippen molar-refractivity contribution in [3.63, 3.8) is 0 Å². The first-order chi connectivity index (χ1) is 10.6. The van der Waals surface area contributed by atoms with Gasteiger partial charge in [0.15, 0.2) is 4.34 Å². The minimum Gasteiger partial charge on any atom is -0.325 e. The molecule has 0 saturated heterocycles. The van der Waals surface area contributed by atoms with E-state index in [1.807, 2.05) is 31.2 Å². The Bertz CT molecular complexity index is 786. The van der Waals surface area contributed by atoms with Gasteiger partial charge in [0, 0.05) is 5.69 Å². The van der Waals surface area contributed by atoms with Crippen molar-refractivity contribution >= 4 is 44.9 Å². The van der Waals surface area contributed by atoms with E-state index < -0.39 is 0 Å². The molecule has 3 rings (SSSR count). The molecule has 1 aromatic heterocycles. The van der Waals surface area contributed by atoms with Crippen molar-refractivity contribution in [1.29, 1.82) is 0 Å². The van der Waals surface area contributed by atoms with Crippen molar-refractivity contribution in [2.24, 2.45) is 0 Å². The molecule has 1 unspecified atom stereocenters. The first kappa shape index (κ1) is 15.0. The van der Waals surface area contributed by atoms with Gasteiger partial charge in [0.1, 0.15) is 5.82 Å². The zero-order chi connectivity index (χ0) is 15.5. The van der Waals surface area contributed by atoms with Crippen LogP contribution in [-0.2, 0) is 4.79 Å². The van der Waals surface area contributed by atoms with Crippen LogP contribution in [0, 0.1) is 5.82 Å². The average molecular weight is 332 g/mol. The number of aromatic nitrogens is 1. The predicted octanol–water partition coefficient (Wildman–Crippen LogP) is 4.55. The van der Waals surface area contributed by atoms with Crippen LogP contribution in [0.15, 0.2) is 52.9 Å². The van der Waals surface area contributed by atoms with Gasteiger partial charge in [-0.2, -0.15) is 0 Å². The number of halogens is 1. The number of carbonyl (C=O) groups excluding carboxylic acids is 1. The van der Waals surface area contributed by atoms with Gasteiger partial charge in [-0.05, 0) is 37.3 Å². The van der Waals surface area contributed by atoms with E-state index in [1.165, 1.54) is 23.9 Å². The van der Waals surface area contributed by atoms with Crippen LogP contribution >= 0.6 is 23.1 Å². The average Bonchev–Trinajstić information content (AvgIpc) is 2.89. The van der Waals surface area contributed by atoms with Gasteiger partial charge in [-0.15, -0.1) is 11.3 Å². The van der Waals surface area contributed by atoms with E-state index in [9.17, 15) is 9.18 Å². The lowest BCUT2D eigenvalue weighted by molar-refractivity contribution is -0.115. The van der Waals surface area contributed by atoms with Crippen LogP contribution in [0.4, 0.5) is 10.1 Å². The van der Waals surface area contributed by atoms with Crippen LogP contribution in [0.3, 0.4) is 0 Å². The van der Waals surface area contributed by atoms with Crippen molar-refractivity contribution in [1.82, 2.24) is 4.98 Å². The molecule has 112 valence electrons. The number of hydrogen-bond acceptors (Lipinski definition) is 4. The molecule has 0 radical (unpaired) electrons. The number of amides is 1. The minimum atomic E-state index is -0.371. The highest BCUT2D eigenvalue weighted by Gasteiger charge is 2.17. The fraction of sp³-hybridized carbons (Fsp3) is 0.125. The summed E-state index contributed by atoms with van der Waals surface area (Å²) in [7, 11) is 0. The highest BCUT2D eigenvalue weighted by atomic mass is 32.2. The van der Waals surface area contributed by atoms with Gasteiger partial charge >= 0.3 is 0 Å². The fourth-order valence-electron chi connectivity index (χ4n) is 1.92. The van der Waals surface area contributed by atoms with Crippen molar-refractivity contribution in [3.05, 3.63) is 54.3 Å². The molecule has 0 aliphatic heterocycles. The third-order valence-corrected chi connectivity index (χ3v) is 5.24. The van der Waals surface area contributed by atoms with Crippen LogP contribution in [0.25, 0.3) is 10.2 Å². The summed E-state index contributed by atoms with van der Waals surface area (Å²) in [5, 5.41) is 2.40. The predicted molar refractivity (Wildman–Crippen MR) is 90.0 cm³/mol. The van der Waals surface area contributed by atoms with Gasteiger partial charge in [-0.25, -0.2) is 9.37 Å². The van der Waals surface area contributed by atoms with Crippen LogP contribution in [0.2, 0.25) is 0 Å². The van der Waals surface area contributed by atoms with Gasteiger partial charge < -0.3 is 5.32 Å². The second-order valence-corrected chi connectivity index (χ2v) is 7.33. The summed E-state index contributed by atoms with van der Waals surface area (Å²) >= 11 is 2.97. The SMILES string of the molecule is CC(Sc1nc2ccccc2s1)C(=O)Nc1cccc(F)c1. The van der Waals surface area contributed by atoms with Crippen molar-refractivity contribution in [2.75, 3.05) is 5.32 Å². The van der Waals surface area contributed by atoms with Crippen LogP contribution < -0.4 is 5.32 Å². The molecule has 1 atom stereocenters. The third-order valence-electron chi connectivity index (χ3n) is 3.01. The quantitative estimate of drug-likeness (QED) is 0.712. The third kappa shape index (κ3) is 3.45.